The van der Waals surface area contributed by atoms with Crippen molar-refractivity contribution >= 4 is 27.3 Å². The van der Waals surface area contributed by atoms with E-state index in [0.29, 0.717) is 0 Å². The van der Waals surface area contributed by atoms with Gasteiger partial charge in [-0.2, -0.15) is 5.10 Å². The van der Waals surface area contributed by atoms with Crippen molar-refractivity contribution in [2.24, 2.45) is 0 Å². The van der Waals surface area contributed by atoms with E-state index in [2.05, 4.69) is 15.2 Å². The molecule has 7 heteroatoms. The zero-order chi connectivity index (χ0) is 11.4. The van der Waals surface area contributed by atoms with Gasteiger partial charge in [0.1, 0.15) is 0 Å². The van der Waals surface area contributed by atoms with E-state index in [0.717, 1.165) is 16.9 Å². The van der Waals surface area contributed by atoms with Crippen LogP contribution in [0.15, 0.2) is 34.4 Å². The quantitative estimate of drug-likeness (QED) is 0.894. The van der Waals surface area contributed by atoms with E-state index in [4.69, 9.17) is 0 Å². The molecule has 2 aromatic heterocycles. The second-order valence-electron chi connectivity index (χ2n) is 3.01. The van der Waals surface area contributed by atoms with Crippen molar-refractivity contribution in [2.75, 3.05) is 5.75 Å². The second kappa shape index (κ2) is 4.58. The van der Waals surface area contributed by atoms with Crippen LogP contribution < -0.4 is 0 Å². The normalized spacial score (nSPS) is 12.2. The third-order valence-corrected chi connectivity index (χ3v) is 4.71. The highest BCUT2D eigenvalue weighted by Crippen LogP contribution is 2.14. The van der Waals surface area contributed by atoms with Crippen LogP contribution in [0.3, 0.4) is 0 Å². The summed E-state index contributed by atoms with van der Waals surface area (Å²) in [6.07, 6.45) is 8.08. The van der Waals surface area contributed by atoms with Crippen molar-refractivity contribution in [1.29, 1.82) is 0 Å². The Labute approximate surface area is 96.8 Å². The van der Waals surface area contributed by atoms with Crippen molar-refractivity contribution < 1.29 is 8.42 Å². The minimum Gasteiger partial charge on any atom is -0.285 e. The third-order valence-electron chi connectivity index (χ3n) is 1.82. The molecule has 2 rings (SSSR count). The molecule has 0 aromatic carbocycles. The zero-order valence-electron chi connectivity index (χ0n) is 8.20. The maximum atomic E-state index is 11.7. The Balaban J connectivity index is 2.06. The molecule has 0 aliphatic carbocycles. The summed E-state index contributed by atoms with van der Waals surface area (Å²) in [5.74, 6) is -0.0499. The van der Waals surface area contributed by atoms with Crippen LogP contribution in [0.1, 0.15) is 5.56 Å². The lowest BCUT2D eigenvalue weighted by molar-refractivity contribution is 0.598. The molecule has 0 aliphatic rings. The highest BCUT2D eigenvalue weighted by Gasteiger charge is 2.14. The lowest BCUT2D eigenvalue weighted by atomic mass is 10.3. The molecule has 0 atom stereocenters. The molecular formula is C9H9N3O2S2. The Morgan fingerprint density at radius 2 is 2.38 bits per heavy atom. The third kappa shape index (κ3) is 2.56. The number of aromatic nitrogens is 3. The number of aromatic amines is 1. The van der Waals surface area contributed by atoms with Crippen molar-refractivity contribution in [1.82, 2.24) is 15.2 Å². The molecule has 0 fully saturated rings. The Morgan fingerprint density at radius 1 is 1.50 bits per heavy atom. The summed E-state index contributed by atoms with van der Waals surface area (Å²) >= 11 is 1.13. The van der Waals surface area contributed by atoms with Crippen LogP contribution in [0.4, 0.5) is 0 Å². The van der Waals surface area contributed by atoms with Gasteiger partial charge in [0.05, 0.1) is 11.9 Å². The van der Waals surface area contributed by atoms with Crippen LogP contribution in [-0.4, -0.2) is 29.4 Å². The molecule has 84 valence electrons. The Morgan fingerprint density at radius 3 is 3.00 bits per heavy atom. The Hall–Kier alpha value is -1.47. The molecule has 0 amide bonds. The van der Waals surface area contributed by atoms with Crippen LogP contribution >= 0.6 is 11.3 Å². The Bertz CT molecular complexity index is 556. The van der Waals surface area contributed by atoms with Crippen LogP contribution in [0.2, 0.25) is 0 Å². The lowest BCUT2D eigenvalue weighted by Gasteiger charge is -1.94. The van der Waals surface area contributed by atoms with Crippen LogP contribution in [0.25, 0.3) is 6.08 Å². The monoisotopic (exact) mass is 255 g/mol. The number of nitrogens with zero attached hydrogens (tertiary/aromatic N) is 2. The van der Waals surface area contributed by atoms with Gasteiger partial charge in [0.2, 0.25) is 14.2 Å². The largest absolute Gasteiger partial charge is 0.285 e. The van der Waals surface area contributed by atoms with E-state index in [1.54, 1.807) is 29.9 Å². The molecule has 0 saturated heterocycles. The molecule has 0 aliphatic heterocycles. The van der Waals surface area contributed by atoms with E-state index < -0.39 is 9.84 Å². The summed E-state index contributed by atoms with van der Waals surface area (Å²) in [4.78, 5) is 3.78. The van der Waals surface area contributed by atoms with E-state index >= 15 is 0 Å². The van der Waals surface area contributed by atoms with Crippen molar-refractivity contribution in [3.8, 4) is 0 Å². The molecule has 2 heterocycles. The number of nitrogens with one attached hydrogen (secondary N) is 1. The number of thiazole rings is 1. The standard InChI is InChI=1S/C9H9N3O2S2/c13-16(14,9-10-3-4-15-9)5-1-2-8-6-11-12-7-8/h1-4,6-7H,5H2,(H,11,12). The first kappa shape index (κ1) is 11.0. The first-order valence-corrected chi connectivity index (χ1v) is 6.99. The fourth-order valence-corrected chi connectivity index (χ4v) is 3.13. The summed E-state index contributed by atoms with van der Waals surface area (Å²) in [5.41, 5.74) is 0.842. The van der Waals surface area contributed by atoms with E-state index in [9.17, 15) is 8.42 Å². The molecule has 0 radical (unpaired) electrons. The second-order valence-corrected chi connectivity index (χ2v) is 6.12. The number of sulfone groups is 1. The predicted octanol–water partition coefficient (Wildman–Crippen LogP) is 1.35. The summed E-state index contributed by atoms with van der Waals surface area (Å²) in [7, 11) is -3.28. The summed E-state index contributed by atoms with van der Waals surface area (Å²) in [6.45, 7) is 0. The fraction of sp³-hybridized carbons (Fsp3) is 0.111. The number of hydrogen-bond donors (Lipinski definition) is 1. The van der Waals surface area contributed by atoms with Gasteiger partial charge in [-0.05, 0) is 0 Å². The molecule has 0 saturated carbocycles. The van der Waals surface area contributed by atoms with Gasteiger partial charge in [-0.15, -0.1) is 11.3 Å². The van der Waals surface area contributed by atoms with Gasteiger partial charge < -0.3 is 0 Å². The summed E-state index contributed by atoms with van der Waals surface area (Å²) in [5, 5.41) is 8.04. The van der Waals surface area contributed by atoms with Crippen molar-refractivity contribution in [3.63, 3.8) is 0 Å². The first-order valence-electron chi connectivity index (χ1n) is 4.46. The highest BCUT2D eigenvalue weighted by molar-refractivity contribution is 7.93. The molecule has 16 heavy (non-hydrogen) atoms. The molecule has 2 aromatic rings. The van der Waals surface area contributed by atoms with Crippen LogP contribution in [0, 0.1) is 0 Å². The maximum absolute atomic E-state index is 11.7. The topological polar surface area (TPSA) is 75.7 Å². The van der Waals surface area contributed by atoms with Gasteiger partial charge in [-0.1, -0.05) is 12.2 Å². The summed E-state index contributed by atoms with van der Waals surface area (Å²) < 4.78 is 23.5. The summed E-state index contributed by atoms with van der Waals surface area (Å²) in [6, 6.07) is 0. The smallest absolute Gasteiger partial charge is 0.209 e. The van der Waals surface area contributed by atoms with Crippen LogP contribution in [0.5, 0.6) is 0 Å². The van der Waals surface area contributed by atoms with Gasteiger partial charge >= 0.3 is 0 Å². The molecule has 1 N–H and O–H groups in total. The van der Waals surface area contributed by atoms with Gasteiger partial charge in [0.15, 0.2) is 0 Å². The molecule has 0 unspecified atom stereocenters. The lowest BCUT2D eigenvalue weighted by Crippen LogP contribution is -2.03. The average Bonchev–Trinajstić information content (AvgIpc) is 2.90. The predicted molar refractivity (Wildman–Crippen MR) is 61.8 cm³/mol. The average molecular weight is 255 g/mol. The molecule has 0 bridgehead atoms. The fourth-order valence-electron chi connectivity index (χ4n) is 1.10. The maximum Gasteiger partial charge on any atom is 0.209 e. The van der Waals surface area contributed by atoms with Crippen molar-refractivity contribution in [2.45, 2.75) is 4.34 Å². The number of hydrogen-bond acceptors (Lipinski definition) is 5. The van der Waals surface area contributed by atoms with Gasteiger partial charge in [-0.3, -0.25) is 5.10 Å². The zero-order valence-corrected chi connectivity index (χ0v) is 9.83. The van der Waals surface area contributed by atoms with Crippen LogP contribution in [-0.2, 0) is 9.84 Å². The van der Waals surface area contributed by atoms with E-state index in [1.807, 2.05) is 0 Å². The van der Waals surface area contributed by atoms with Gasteiger partial charge in [0.25, 0.3) is 0 Å². The number of rotatable bonds is 4. The minimum atomic E-state index is -3.28. The van der Waals surface area contributed by atoms with Gasteiger partial charge in [-0.25, -0.2) is 13.4 Å². The molecular weight excluding hydrogens is 246 g/mol. The van der Waals surface area contributed by atoms with E-state index in [-0.39, 0.29) is 10.1 Å². The minimum absolute atomic E-state index is 0.0499. The van der Waals surface area contributed by atoms with Gasteiger partial charge in [0, 0.05) is 23.3 Å². The first-order chi connectivity index (χ1) is 7.68. The number of H-pyrrole nitrogens is 1. The molecule has 0 spiro atoms. The van der Waals surface area contributed by atoms with Crippen molar-refractivity contribution in [3.05, 3.63) is 35.6 Å². The Kier molecular flexibility index (Phi) is 3.16. The molecule has 5 nitrogen and oxygen atoms in total. The SMILES string of the molecule is O=S(=O)(CC=Cc1cn[nH]c1)c1nccs1. The van der Waals surface area contributed by atoms with E-state index in [1.165, 1.54) is 6.20 Å². The highest BCUT2D eigenvalue weighted by atomic mass is 32.2.